The minimum atomic E-state index is -0.250. The van der Waals surface area contributed by atoms with E-state index in [4.69, 9.17) is 9.47 Å². The summed E-state index contributed by atoms with van der Waals surface area (Å²) < 4.78 is 23.9. The summed E-state index contributed by atoms with van der Waals surface area (Å²) in [5, 5.41) is 9.70. The molecule has 0 spiro atoms. The Bertz CT molecular complexity index is 690. The molecule has 0 aromatic heterocycles. The van der Waals surface area contributed by atoms with E-state index in [1.54, 1.807) is 25.3 Å². The Morgan fingerprint density at radius 3 is 2.76 bits per heavy atom. The van der Waals surface area contributed by atoms with Gasteiger partial charge < -0.3 is 14.6 Å². The van der Waals surface area contributed by atoms with Crippen LogP contribution in [-0.4, -0.2) is 36.8 Å². The SMILES string of the molecule is COc1cc(CN2CCCC(COc3ccc(F)cc3)C2)ccc1O. The molecule has 0 aliphatic carbocycles. The van der Waals surface area contributed by atoms with Gasteiger partial charge in [0.05, 0.1) is 13.7 Å². The third-order valence-corrected chi connectivity index (χ3v) is 4.55. The molecule has 0 bridgehead atoms. The normalized spacial score (nSPS) is 18.1. The van der Waals surface area contributed by atoms with E-state index in [2.05, 4.69) is 4.90 Å². The highest BCUT2D eigenvalue weighted by Crippen LogP contribution is 2.28. The molecule has 1 atom stereocenters. The number of halogens is 1. The molecule has 25 heavy (non-hydrogen) atoms. The van der Waals surface area contributed by atoms with Gasteiger partial charge in [0.2, 0.25) is 0 Å². The predicted molar refractivity (Wildman–Crippen MR) is 94.6 cm³/mol. The summed E-state index contributed by atoms with van der Waals surface area (Å²) in [6.45, 7) is 3.48. The molecule has 1 aliphatic rings. The molecule has 2 aromatic rings. The number of methoxy groups -OCH3 is 1. The van der Waals surface area contributed by atoms with Crippen molar-refractivity contribution in [1.82, 2.24) is 4.90 Å². The van der Waals surface area contributed by atoms with Crippen LogP contribution in [0.4, 0.5) is 4.39 Å². The molecule has 1 aliphatic heterocycles. The Morgan fingerprint density at radius 1 is 1.20 bits per heavy atom. The van der Waals surface area contributed by atoms with Crippen molar-refractivity contribution in [3.63, 3.8) is 0 Å². The highest BCUT2D eigenvalue weighted by atomic mass is 19.1. The standard InChI is InChI=1S/C20H24FNO3/c1-24-20-11-15(4-9-19(20)23)12-22-10-2-3-16(13-22)14-25-18-7-5-17(21)6-8-18/h4-9,11,16,23H,2-3,10,12-14H2,1H3. The number of hydrogen-bond donors (Lipinski definition) is 1. The molecule has 1 saturated heterocycles. The summed E-state index contributed by atoms with van der Waals surface area (Å²) in [4.78, 5) is 2.40. The van der Waals surface area contributed by atoms with Crippen molar-refractivity contribution in [2.45, 2.75) is 19.4 Å². The molecule has 0 saturated carbocycles. The van der Waals surface area contributed by atoms with Crippen LogP contribution in [0.15, 0.2) is 42.5 Å². The Labute approximate surface area is 147 Å². The smallest absolute Gasteiger partial charge is 0.160 e. The van der Waals surface area contributed by atoms with Crippen LogP contribution >= 0.6 is 0 Å². The number of rotatable bonds is 6. The molecular weight excluding hydrogens is 321 g/mol. The summed E-state index contributed by atoms with van der Waals surface area (Å²) in [7, 11) is 1.56. The van der Waals surface area contributed by atoms with Gasteiger partial charge in [-0.1, -0.05) is 6.07 Å². The average Bonchev–Trinajstić information content (AvgIpc) is 2.63. The van der Waals surface area contributed by atoms with E-state index in [9.17, 15) is 9.50 Å². The highest BCUT2D eigenvalue weighted by Gasteiger charge is 2.21. The number of hydrogen-bond acceptors (Lipinski definition) is 4. The van der Waals surface area contributed by atoms with E-state index in [1.807, 2.05) is 12.1 Å². The lowest BCUT2D eigenvalue weighted by atomic mass is 9.98. The fourth-order valence-electron chi connectivity index (χ4n) is 3.25. The predicted octanol–water partition coefficient (Wildman–Crippen LogP) is 3.83. The van der Waals surface area contributed by atoms with E-state index >= 15 is 0 Å². The zero-order chi connectivity index (χ0) is 17.6. The molecular formula is C20H24FNO3. The van der Waals surface area contributed by atoms with Crippen LogP contribution in [0.1, 0.15) is 18.4 Å². The van der Waals surface area contributed by atoms with Gasteiger partial charge in [-0.15, -0.1) is 0 Å². The van der Waals surface area contributed by atoms with Gasteiger partial charge in [0.15, 0.2) is 11.5 Å². The second kappa shape index (κ2) is 8.21. The molecule has 1 fully saturated rings. The van der Waals surface area contributed by atoms with Crippen molar-refractivity contribution in [2.24, 2.45) is 5.92 Å². The quantitative estimate of drug-likeness (QED) is 0.864. The number of nitrogens with zero attached hydrogens (tertiary/aromatic N) is 1. The van der Waals surface area contributed by atoms with E-state index in [-0.39, 0.29) is 11.6 Å². The topological polar surface area (TPSA) is 41.9 Å². The number of ether oxygens (including phenoxy) is 2. The molecule has 3 rings (SSSR count). The van der Waals surface area contributed by atoms with Crippen LogP contribution in [-0.2, 0) is 6.54 Å². The van der Waals surface area contributed by atoms with Crippen LogP contribution < -0.4 is 9.47 Å². The van der Waals surface area contributed by atoms with Gasteiger partial charge in [0, 0.05) is 19.0 Å². The minimum Gasteiger partial charge on any atom is -0.504 e. The largest absolute Gasteiger partial charge is 0.504 e. The Kier molecular flexibility index (Phi) is 5.76. The van der Waals surface area contributed by atoms with E-state index in [0.717, 1.165) is 38.0 Å². The van der Waals surface area contributed by atoms with Gasteiger partial charge in [0.25, 0.3) is 0 Å². The van der Waals surface area contributed by atoms with Crippen LogP contribution in [0.2, 0.25) is 0 Å². The second-order valence-corrected chi connectivity index (χ2v) is 6.51. The van der Waals surface area contributed by atoms with E-state index in [0.29, 0.717) is 24.0 Å². The fourth-order valence-corrected chi connectivity index (χ4v) is 3.25. The van der Waals surface area contributed by atoms with Crippen molar-refractivity contribution in [3.8, 4) is 17.2 Å². The maximum absolute atomic E-state index is 12.9. The molecule has 134 valence electrons. The second-order valence-electron chi connectivity index (χ2n) is 6.51. The third-order valence-electron chi connectivity index (χ3n) is 4.55. The van der Waals surface area contributed by atoms with Gasteiger partial charge >= 0.3 is 0 Å². The fraction of sp³-hybridized carbons (Fsp3) is 0.400. The molecule has 1 N–H and O–H groups in total. The minimum absolute atomic E-state index is 0.162. The lowest BCUT2D eigenvalue weighted by Gasteiger charge is -2.32. The van der Waals surface area contributed by atoms with Gasteiger partial charge in [-0.05, 0) is 61.3 Å². The monoisotopic (exact) mass is 345 g/mol. The lowest BCUT2D eigenvalue weighted by molar-refractivity contribution is 0.125. The summed E-state index contributed by atoms with van der Waals surface area (Å²) in [6, 6.07) is 11.6. The van der Waals surface area contributed by atoms with Gasteiger partial charge in [-0.3, -0.25) is 4.90 Å². The number of benzene rings is 2. The van der Waals surface area contributed by atoms with Crippen molar-refractivity contribution in [2.75, 3.05) is 26.8 Å². The summed E-state index contributed by atoms with van der Waals surface area (Å²) in [6.07, 6.45) is 2.27. The maximum Gasteiger partial charge on any atom is 0.160 e. The molecule has 5 heteroatoms. The molecule has 1 heterocycles. The molecule has 0 radical (unpaired) electrons. The first-order chi connectivity index (χ1) is 12.1. The van der Waals surface area contributed by atoms with Crippen LogP contribution in [0, 0.1) is 11.7 Å². The first kappa shape index (κ1) is 17.5. The highest BCUT2D eigenvalue weighted by molar-refractivity contribution is 5.41. The van der Waals surface area contributed by atoms with E-state index < -0.39 is 0 Å². The molecule has 0 amide bonds. The average molecular weight is 345 g/mol. The maximum atomic E-state index is 12.9. The van der Waals surface area contributed by atoms with Crippen molar-refractivity contribution in [3.05, 3.63) is 53.8 Å². The van der Waals surface area contributed by atoms with Crippen molar-refractivity contribution < 1.29 is 19.0 Å². The van der Waals surface area contributed by atoms with Crippen LogP contribution in [0.25, 0.3) is 0 Å². The zero-order valence-electron chi connectivity index (χ0n) is 14.5. The number of piperidine rings is 1. The summed E-state index contributed by atoms with van der Waals surface area (Å²) in [5.74, 6) is 1.58. The zero-order valence-corrected chi connectivity index (χ0v) is 14.5. The number of likely N-dealkylation sites (tertiary alicyclic amines) is 1. The van der Waals surface area contributed by atoms with Crippen LogP contribution in [0.3, 0.4) is 0 Å². The Hall–Kier alpha value is -2.27. The van der Waals surface area contributed by atoms with Crippen molar-refractivity contribution in [1.29, 1.82) is 0 Å². The summed E-state index contributed by atoms with van der Waals surface area (Å²) >= 11 is 0. The number of aromatic hydroxyl groups is 1. The Balaban J connectivity index is 1.53. The summed E-state index contributed by atoms with van der Waals surface area (Å²) in [5.41, 5.74) is 1.12. The first-order valence-electron chi connectivity index (χ1n) is 8.60. The van der Waals surface area contributed by atoms with Gasteiger partial charge in [0.1, 0.15) is 11.6 Å². The third kappa shape index (κ3) is 4.86. The lowest BCUT2D eigenvalue weighted by Crippen LogP contribution is -2.37. The van der Waals surface area contributed by atoms with Gasteiger partial charge in [-0.25, -0.2) is 4.39 Å². The van der Waals surface area contributed by atoms with Gasteiger partial charge in [-0.2, -0.15) is 0 Å². The molecule has 1 unspecified atom stereocenters. The number of phenolic OH excluding ortho intramolecular Hbond substituents is 1. The molecule has 4 nitrogen and oxygen atoms in total. The van der Waals surface area contributed by atoms with Crippen LogP contribution in [0.5, 0.6) is 17.2 Å². The van der Waals surface area contributed by atoms with E-state index in [1.165, 1.54) is 12.1 Å². The van der Waals surface area contributed by atoms with Crippen molar-refractivity contribution >= 4 is 0 Å². The Morgan fingerprint density at radius 2 is 2.00 bits per heavy atom. The molecule has 2 aromatic carbocycles. The number of phenols is 1. The first-order valence-corrected chi connectivity index (χ1v) is 8.60.